The number of aliphatic hydroxyl groups is 1. The van der Waals surface area contributed by atoms with Crippen LogP contribution in [0.15, 0.2) is 12.3 Å². The largest absolute Gasteiger partial charge is 0.392 e. The van der Waals surface area contributed by atoms with Crippen molar-refractivity contribution in [1.29, 1.82) is 0 Å². The zero-order valence-electron chi connectivity index (χ0n) is 12.4. The van der Waals surface area contributed by atoms with E-state index in [1.165, 1.54) is 12.8 Å². The van der Waals surface area contributed by atoms with Gasteiger partial charge in [-0.25, -0.2) is 4.68 Å². The van der Waals surface area contributed by atoms with Crippen LogP contribution in [-0.4, -0.2) is 51.4 Å². The molecule has 6 heteroatoms. The third-order valence-corrected chi connectivity index (χ3v) is 4.46. The number of rotatable bonds is 4. The van der Waals surface area contributed by atoms with Gasteiger partial charge in [0.25, 0.3) is 0 Å². The third kappa shape index (κ3) is 3.63. The summed E-state index contributed by atoms with van der Waals surface area (Å²) in [5.74, 6) is 0.772. The molecule has 0 radical (unpaired) electrons. The van der Waals surface area contributed by atoms with Gasteiger partial charge in [0.05, 0.1) is 24.9 Å². The molecule has 2 heterocycles. The monoisotopic (exact) mass is 292 g/mol. The van der Waals surface area contributed by atoms with Gasteiger partial charge >= 0.3 is 0 Å². The van der Waals surface area contributed by atoms with E-state index in [9.17, 15) is 9.90 Å². The molecule has 1 amide bonds. The number of piperidine rings is 1. The van der Waals surface area contributed by atoms with E-state index in [0.717, 1.165) is 38.0 Å². The molecule has 6 nitrogen and oxygen atoms in total. The molecule has 1 saturated carbocycles. The maximum Gasteiger partial charge on any atom is 0.239 e. The van der Waals surface area contributed by atoms with Crippen LogP contribution in [0.25, 0.3) is 0 Å². The van der Waals surface area contributed by atoms with Crippen LogP contribution in [0.2, 0.25) is 0 Å². The van der Waals surface area contributed by atoms with Crippen LogP contribution in [0, 0.1) is 0 Å². The van der Waals surface area contributed by atoms with Gasteiger partial charge in [0.15, 0.2) is 0 Å². The van der Waals surface area contributed by atoms with Crippen LogP contribution in [0.5, 0.6) is 0 Å². The van der Waals surface area contributed by atoms with Crippen molar-refractivity contribution >= 4 is 11.7 Å². The fourth-order valence-electron chi connectivity index (χ4n) is 3.41. The van der Waals surface area contributed by atoms with Crippen LogP contribution < -0.4 is 5.32 Å². The number of hydrogen-bond acceptors (Lipinski definition) is 4. The molecule has 21 heavy (non-hydrogen) atoms. The number of nitrogens with zero attached hydrogens (tertiary/aromatic N) is 3. The zero-order valence-corrected chi connectivity index (χ0v) is 12.4. The smallest absolute Gasteiger partial charge is 0.239 e. The lowest BCUT2D eigenvalue weighted by molar-refractivity contribution is -0.118. The van der Waals surface area contributed by atoms with E-state index in [4.69, 9.17) is 0 Å². The number of nitrogens with one attached hydrogen (secondary N) is 1. The Hall–Kier alpha value is -1.40. The van der Waals surface area contributed by atoms with Crippen molar-refractivity contribution in [1.82, 2.24) is 14.7 Å². The molecule has 0 aromatic carbocycles. The minimum absolute atomic E-state index is 0.0242. The van der Waals surface area contributed by atoms with Crippen molar-refractivity contribution in [2.24, 2.45) is 0 Å². The summed E-state index contributed by atoms with van der Waals surface area (Å²) in [7, 11) is 0. The number of carbonyl (C=O) groups excluding carboxylic acids is 1. The van der Waals surface area contributed by atoms with Crippen LogP contribution in [0.4, 0.5) is 5.82 Å². The highest BCUT2D eigenvalue weighted by atomic mass is 16.3. The second-order valence-corrected chi connectivity index (χ2v) is 6.18. The number of carbonyl (C=O) groups is 1. The molecule has 0 bridgehead atoms. The van der Waals surface area contributed by atoms with Crippen molar-refractivity contribution in [3.8, 4) is 0 Å². The van der Waals surface area contributed by atoms with Crippen LogP contribution in [0.3, 0.4) is 0 Å². The van der Waals surface area contributed by atoms with Crippen LogP contribution >= 0.6 is 0 Å². The normalized spacial score (nSPS) is 24.3. The first-order valence-corrected chi connectivity index (χ1v) is 7.96. The van der Waals surface area contributed by atoms with Crippen molar-refractivity contribution in [2.45, 2.75) is 50.7 Å². The minimum Gasteiger partial charge on any atom is -0.392 e. The summed E-state index contributed by atoms with van der Waals surface area (Å²) in [6.07, 6.45) is 8.01. The second kappa shape index (κ2) is 6.58. The Balaban J connectivity index is 1.56. The Morgan fingerprint density at radius 2 is 2.14 bits per heavy atom. The van der Waals surface area contributed by atoms with Crippen molar-refractivity contribution in [3.63, 3.8) is 0 Å². The van der Waals surface area contributed by atoms with E-state index in [0.29, 0.717) is 19.1 Å². The van der Waals surface area contributed by atoms with E-state index < -0.39 is 0 Å². The van der Waals surface area contributed by atoms with E-state index in [1.807, 2.05) is 15.6 Å². The van der Waals surface area contributed by atoms with E-state index >= 15 is 0 Å². The number of hydrogen-bond donors (Lipinski definition) is 2. The predicted octanol–water partition coefficient (Wildman–Crippen LogP) is 1.39. The fraction of sp³-hybridized carbons (Fsp3) is 0.733. The number of amides is 1. The standard InChI is InChI=1S/C15H24N4O2/c20-13-6-3-9-18(10-13)11-15(21)17-14-7-8-16-19(14)12-4-1-2-5-12/h7-8,12-13,20H,1-6,9-11H2,(H,17,21). The molecule has 3 rings (SSSR count). The van der Waals surface area contributed by atoms with E-state index in [-0.39, 0.29) is 12.0 Å². The van der Waals surface area contributed by atoms with Crippen molar-refractivity contribution in [2.75, 3.05) is 25.0 Å². The molecule has 116 valence electrons. The molecule has 2 fully saturated rings. The van der Waals surface area contributed by atoms with Gasteiger partial charge in [-0.05, 0) is 32.2 Å². The summed E-state index contributed by atoms with van der Waals surface area (Å²) in [6, 6.07) is 2.29. The molecule has 2 aliphatic rings. The molecule has 0 spiro atoms. The van der Waals surface area contributed by atoms with Gasteiger partial charge < -0.3 is 10.4 Å². The highest BCUT2D eigenvalue weighted by Crippen LogP contribution is 2.31. The van der Waals surface area contributed by atoms with Gasteiger partial charge in [-0.15, -0.1) is 0 Å². The van der Waals surface area contributed by atoms with Gasteiger partial charge in [-0.3, -0.25) is 9.69 Å². The maximum absolute atomic E-state index is 12.2. The fourth-order valence-corrected chi connectivity index (χ4v) is 3.41. The van der Waals surface area contributed by atoms with Gasteiger partial charge in [-0.1, -0.05) is 12.8 Å². The van der Waals surface area contributed by atoms with Crippen molar-refractivity contribution in [3.05, 3.63) is 12.3 Å². The number of aliphatic hydroxyl groups excluding tert-OH is 1. The average molecular weight is 292 g/mol. The summed E-state index contributed by atoms with van der Waals surface area (Å²) in [6.45, 7) is 1.81. The Kier molecular flexibility index (Phi) is 4.55. The zero-order chi connectivity index (χ0) is 14.7. The summed E-state index contributed by atoms with van der Waals surface area (Å²) < 4.78 is 1.95. The molecule has 1 aromatic heterocycles. The Morgan fingerprint density at radius 1 is 1.33 bits per heavy atom. The molecule has 1 aromatic rings. The average Bonchev–Trinajstić information content (AvgIpc) is 3.08. The molecule has 1 aliphatic carbocycles. The molecule has 1 unspecified atom stereocenters. The van der Waals surface area contributed by atoms with E-state index in [2.05, 4.69) is 10.4 Å². The third-order valence-electron chi connectivity index (χ3n) is 4.46. The summed E-state index contributed by atoms with van der Waals surface area (Å²) in [5.41, 5.74) is 0. The summed E-state index contributed by atoms with van der Waals surface area (Å²) in [4.78, 5) is 14.2. The molecule has 2 N–H and O–H groups in total. The van der Waals surface area contributed by atoms with Crippen LogP contribution in [0.1, 0.15) is 44.6 Å². The Morgan fingerprint density at radius 3 is 2.90 bits per heavy atom. The predicted molar refractivity (Wildman–Crippen MR) is 80.0 cm³/mol. The van der Waals surface area contributed by atoms with Crippen molar-refractivity contribution < 1.29 is 9.90 Å². The number of aromatic nitrogens is 2. The molecule has 1 aliphatic heterocycles. The number of likely N-dealkylation sites (tertiary alicyclic amines) is 1. The number of anilines is 1. The minimum atomic E-state index is -0.296. The quantitative estimate of drug-likeness (QED) is 0.880. The van der Waals surface area contributed by atoms with Gasteiger partial charge in [0, 0.05) is 12.6 Å². The Labute approximate surface area is 125 Å². The maximum atomic E-state index is 12.2. The summed E-state index contributed by atoms with van der Waals surface area (Å²) in [5, 5.41) is 17.0. The van der Waals surface area contributed by atoms with Gasteiger partial charge in [0.2, 0.25) is 5.91 Å². The lowest BCUT2D eigenvalue weighted by Gasteiger charge is -2.29. The first-order valence-electron chi connectivity index (χ1n) is 7.96. The number of β-amino-alcohol motifs (C(OH)–C–C–N with tert-alkyl or cyclic N) is 1. The second-order valence-electron chi connectivity index (χ2n) is 6.18. The first kappa shape index (κ1) is 14.5. The highest BCUT2D eigenvalue weighted by molar-refractivity contribution is 5.91. The SMILES string of the molecule is O=C(CN1CCCC(O)C1)Nc1ccnn1C1CCCC1. The molecule has 1 atom stereocenters. The summed E-state index contributed by atoms with van der Waals surface area (Å²) >= 11 is 0. The highest BCUT2D eigenvalue weighted by Gasteiger charge is 2.22. The van der Waals surface area contributed by atoms with Crippen LogP contribution in [-0.2, 0) is 4.79 Å². The molecule has 1 saturated heterocycles. The Bertz CT molecular complexity index is 482. The van der Waals surface area contributed by atoms with Gasteiger partial charge in [-0.2, -0.15) is 5.10 Å². The van der Waals surface area contributed by atoms with E-state index in [1.54, 1.807) is 6.20 Å². The molecular formula is C15H24N4O2. The first-order chi connectivity index (χ1) is 10.2. The molecular weight excluding hydrogens is 268 g/mol. The lowest BCUT2D eigenvalue weighted by Crippen LogP contribution is -2.42. The topological polar surface area (TPSA) is 70.4 Å². The van der Waals surface area contributed by atoms with Gasteiger partial charge in [0.1, 0.15) is 5.82 Å². The lowest BCUT2D eigenvalue weighted by atomic mass is 10.1.